The number of carboxylic acids is 1. The van der Waals surface area contributed by atoms with Crippen LogP contribution < -0.4 is 16.4 Å². The van der Waals surface area contributed by atoms with Crippen molar-refractivity contribution in [3.05, 3.63) is 30.3 Å². The Kier molecular flexibility index (Phi) is 6.38. The van der Waals surface area contributed by atoms with Gasteiger partial charge in [-0.25, -0.2) is 0 Å². The average molecular weight is 265 g/mol. The van der Waals surface area contributed by atoms with E-state index in [1.54, 1.807) is 0 Å². The molecule has 1 amide bonds. The summed E-state index contributed by atoms with van der Waals surface area (Å²) in [4.78, 5) is 20.5. The number of para-hydroxylation sites is 1. The summed E-state index contributed by atoms with van der Waals surface area (Å²) in [6.07, 6.45) is 1.78. The molecule has 19 heavy (non-hydrogen) atoms. The predicted octanol–water partition coefficient (Wildman–Crippen LogP) is 0.407. The van der Waals surface area contributed by atoms with E-state index in [1.807, 2.05) is 30.3 Å². The fourth-order valence-corrected chi connectivity index (χ4v) is 1.64. The van der Waals surface area contributed by atoms with Crippen LogP contribution >= 0.6 is 0 Å². The van der Waals surface area contributed by atoms with E-state index in [9.17, 15) is 9.59 Å². The molecule has 0 aliphatic carbocycles. The van der Waals surface area contributed by atoms with Crippen LogP contribution in [0.2, 0.25) is 0 Å². The lowest BCUT2D eigenvalue weighted by atomic mass is 10.2. The molecule has 1 unspecified atom stereocenters. The SMILES string of the molecule is NC(=O)CNc1ccccc1.O=C(O)C1CCCN1. The van der Waals surface area contributed by atoms with Crippen LogP contribution in [0.4, 0.5) is 5.69 Å². The van der Waals surface area contributed by atoms with Crippen molar-refractivity contribution < 1.29 is 14.7 Å². The van der Waals surface area contributed by atoms with Crippen LogP contribution in [-0.4, -0.2) is 36.1 Å². The summed E-state index contributed by atoms with van der Waals surface area (Å²) in [7, 11) is 0. The molecule has 2 rings (SSSR count). The predicted molar refractivity (Wildman–Crippen MR) is 72.8 cm³/mol. The zero-order valence-corrected chi connectivity index (χ0v) is 10.6. The highest BCUT2D eigenvalue weighted by Crippen LogP contribution is 2.03. The Morgan fingerprint density at radius 1 is 1.37 bits per heavy atom. The fourth-order valence-electron chi connectivity index (χ4n) is 1.64. The molecule has 1 heterocycles. The van der Waals surface area contributed by atoms with Gasteiger partial charge in [-0.05, 0) is 31.5 Å². The van der Waals surface area contributed by atoms with Gasteiger partial charge in [-0.2, -0.15) is 0 Å². The number of nitrogens with one attached hydrogen (secondary N) is 2. The second-order valence-corrected chi connectivity index (χ2v) is 4.17. The van der Waals surface area contributed by atoms with Crippen molar-refractivity contribution in [1.82, 2.24) is 5.32 Å². The zero-order valence-electron chi connectivity index (χ0n) is 10.6. The van der Waals surface area contributed by atoms with Gasteiger partial charge in [-0.1, -0.05) is 18.2 Å². The molecule has 1 aromatic carbocycles. The highest BCUT2D eigenvalue weighted by atomic mass is 16.4. The molecule has 6 nitrogen and oxygen atoms in total. The van der Waals surface area contributed by atoms with Crippen molar-refractivity contribution in [2.24, 2.45) is 5.73 Å². The number of amides is 1. The highest BCUT2D eigenvalue weighted by Gasteiger charge is 2.20. The Balaban J connectivity index is 0.000000200. The van der Waals surface area contributed by atoms with E-state index >= 15 is 0 Å². The number of primary amides is 1. The smallest absolute Gasteiger partial charge is 0.320 e. The van der Waals surface area contributed by atoms with Crippen LogP contribution in [0.15, 0.2) is 30.3 Å². The van der Waals surface area contributed by atoms with Gasteiger partial charge < -0.3 is 21.5 Å². The molecule has 6 heteroatoms. The minimum absolute atomic E-state index is 0.185. The van der Waals surface area contributed by atoms with Gasteiger partial charge in [0.15, 0.2) is 0 Å². The van der Waals surface area contributed by atoms with Gasteiger partial charge in [-0.15, -0.1) is 0 Å². The third-order valence-corrected chi connectivity index (χ3v) is 2.60. The van der Waals surface area contributed by atoms with Gasteiger partial charge in [0.2, 0.25) is 5.91 Å². The Hall–Kier alpha value is -2.08. The van der Waals surface area contributed by atoms with E-state index in [4.69, 9.17) is 10.8 Å². The maximum Gasteiger partial charge on any atom is 0.320 e. The Bertz CT molecular complexity index is 403. The Morgan fingerprint density at radius 3 is 2.47 bits per heavy atom. The molecule has 0 saturated carbocycles. The molecule has 1 aliphatic rings. The molecule has 0 bridgehead atoms. The minimum atomic E-state index is -0.720. The first kappa shape index (κ1) is 15.0. The molecule has 0 aromatic heterocycles. The molecule has 5 N–H and O–H groups in total. The number of anilines is 1. The molecule has 1 atom stereocenters. The molecular weight excluding hydrogens is 246 g/mol. The van der Waals surface area contributed by atoms with Gasteiger partial charge in [0, 0.05) is 5.69 Å². The van der Waals surface area contributed by atoms with Crippen LogP contribution in [0.1, 0.15) is 12.8 Å². The third-order valence-electron chi connectivity index (χ3n) is 2.60. The van der Waals surface area contributed by atoms with E-state index in [1.165, 1.54) is 0 Å². The summed E-state index contributed by atoms with van der Waals surface area (Å²) in [6.45, 7) is 1.04. The lowest BCUT2D eigenvalue weighted by Gasteiger charge is -2.01. The van der Waals surface area contributed by atoms with Crippen molar-refractivity contribution in [3.8, 4) is 0 Å². The largest absolute Gasteiger partial charge is 0.480 e. The first-order chi connectivity index (χ1) is 9.09. The van der Waals surface area contributed by atoms with Crippen LogP contribution in [0, 0.1) is 0 Å². The number of carbonyl (C=O) groups excluding carboxylic acids is 1. The molecule has 0 radical (unpaired) electrons. The standard InChI is InChI=1S/C8H10N2O.C5H9NO2/c9-8(11)6-10-7-4-2-1-3-5-7;7-5(8)4-2-1-3-6-4/h1-5,10H,6H2,(H2,9,11);4,6H,1-3H2,(H,7,8). The van der Waals surface area contributed by atoms with Crippen LogP contribution in [-0.2, 0) is 9.59 Å². The van der Waals surface area contributed by atoms with Crippen molar-refractivity contribution in [3.63, 3.8) is 0 Å². The highest BCUT2D eigenvalue weighted by molar-refractivity contribution is 5.78. The van der Waals surface area contributed by atoms with E-state index < -0.39 is 5.97 Å². The van der Waals surface area contributed by atoms with Gasteiger partial charge in [-0.3, -0.25) is 9.59 Å². The third kappa shape index (κ3) is 6.42. The second-order valence-electron chi connectivity index (χ2n) is 4.17. The second kappa shape index (κ2) is 8.10. The van der Waals surface area contributed by atoms with Gasteiger partial charge in [0.05, 0.1) is 6.54 Å². The van der Waals surface area contributed by atoms with Gasteiger partial charge in [0.1, 0.15) is 6.04 Å². The summed E-state index contributed by atoms with van der Waals surface area (Å²) in [5.41, 5.74) is 5.85. The molecule has 0 spiro atoms. The lowest BCUT2D eigenvalue weighted by Crippen LogP contribution is -2.29. The van der Waals surface area contributed by atoms with Crippen molar-refractivity contribution in [2.45, 2.75) is 18.9 Å². The maximum absolute atomic E-state index is 10.3. The van der Waals surface area contributed by atoms with E-state index in [-0.39, 0.29) is 18.5 Å². The quantitative estimate of drug-likeness (QED) is 0.631. The molecule has 1 saturated heterocycles. The first-order valence-electron chi connectivity index (χ1n) is 6.13. The lowest BCUT2D eigenvalue weighted by molar-refractivity contribution is -0.139. The number of aliphatic carboxylic acids is 1. The van der Waals surface area contributed by atoms with E-state index in [0.29, 0.717) is 0 Å². The van der Waals surface area contributed by atoms with Crippen molar-refractivity contribution in [1.29, 1.82) is 0 Å². The number of carbonyl (C=O) groups is 2. The number of benzene rings is 1. The number of carboxylic acid groups (broad SMARTS) is 1. The number of rotatable bonds is 4. The van der Waals surface area contributed by atoms with Crippen molar-refractivity contribution in [2.75, 3.05) is 18.4 Å². The normalized spacial score (nSPS) is 17.2. The molecule has 1 fully saturated rings. The molecule has 104 valence electrons. The molecular formula is C13H19N3O3. The number of hydrogen-bond donors (Lipinski definition) is 4. The Labute approximate surface area is 112 Å². The fraction of sp³-hybridized carbons (Fsp3) is 0.385. The summed E-state index contributed by atoms with van der Waals surface area (Å²) < 4.78 is 0. The first-order valence-corrected chi connectivity index (χ1v) is 6.13. The topological polar surface area (TPSA) is 104 Å². The number of hydrogen-bond acceptors (Lipinski definition) is 4. The summed E-state index contributed by atoms with van der Waals surface area (Å²) in [6, 6.07) is 9.18. The van der Waals surface area contributed by atoms with Gasteiger partial charge in [0.25, 0.3) is 0 Å². The Morgan fingerprint density at radius 2 is 2.05 bits per heavy atom. The maximum atomic E-state index is 10.3. The van der Waals surface area contributed by atoms with E-state index in [2.05, 4.69) is 10.6 Å². The molecule has 1 aromatic rings. The van der Waals surface area contributed by atoms with Crippen LogP contribution in [0.25, 0.3) is 0 Å². The monoisotopic (exact) mass is 265 g/mol. The summed E-state index contributed by atoms with van der Waals surface area (Å²) in [5, 5.41) is 14.1. The minimum Gasteiger partial charge on any atom is -0.480 e. The van der Waals surface area contributed by atoms with Crippen LogP contribution in [0.3, 0.4) is 0 Å². The molecule has 1 aliphatic heterocycles. The summed E-state index contributed by atoms with van der Waals surface area (Å²) in [5.74, 6) is -1.07. The zero-order chi connectivity index (χ0) is 14.1. The average Bonchev–Trinajstić information content (AvgIpc) is 2.92. The number of nitrogens with two attached hydrogens (primary N) is 1. The van der Waals surface area contributed by atoms with Crippen molar-refractivity contribution >= 4 is 17.6 Å². The van der Waals surface area contributed by atoms with Gasteiger partial charge >= 0.3 is 5.97 Å². The van der Waals surface area contributed by atoms with Crippen LogP contribution in [0.5, 0.6) is 0 Å². The summed E-state index contributed by atoms with van der Waals surface area (Å²) >= 11 is 0. The van der Waals surface area contributed by atoms with E-state index in [0.717, 1.165) is 25.1 Å².